The average molecular weight is 303 g/mol. The third-order valence-electron chi connectivity index (χ3n) is 3.24. The summed E-state index contributed by atoms with van der Waals surface area (Å²) in [6.07, 6.45) is -0.0873. The molecule has 0 radical (unpaired) electrons. The second-order valence-electron chi connectivity index (χ2n) is 4.90. The zero-order valence-corrected chi connectivity index (χ0v) is 12.5. The van der Waals surface area contributed by atoms with Crippen molar-refractivity contribution in [2.24, 2.45) is 0 Å². The van der Waals surface area contributed by atoms with Gasteiger partial charge in [0.1, 0.15) is 12.4 Å². The zero-order valence-electron chi connectivity index (χ0n) is 17.5. The van der Waals surface area contributed by atoms with Crippen LogP contribution >= 0.6 is 0 Å². The molecule has 0 fully saturated rings. The lowest BCUT2D eigenvalue weighted by Gasteiger charge is -2.13. The summed E-state index contributed by atoms with van der Waals surface area (Å²) in [5, 5.41) is 9.63. The number of para-hydroxylation sites is 1. The molecule has 22 heavy (non-hydrogen) atoms. The molecule has 3 nitrogen and oxygen atoms in total. The highest BCUT2D eigenvalue weighted by Crippen LogP contribution is 2.21. The molecule has 0 aromatic heterocycles. The Labute approximate surface area is 138 Å². The molecule has 0 saturated carbocycles. The van der Waals surface area contributed by atoms with Gasteiger partial charge in [0.15, 0.2) is 5.78 Å². The van der Waals surface area contributed by atoms with Gasteiger partial charge in [0.25, 0.3) is 0 Å². The minimum absolute atomic E-state index is 0.0231. The molecule has 0 bridgehead atoms. The Kier molecular flexibility index (Phi) is 4.01. The molecule has 0 spiro atoms. The van der Waals surface area contributed by atoms with Crippen LogP contribution in [-0.4, -0.2) is 23.6 Å². The van der Waals surface area contributed by atoms with Crippen molar-refractivity contribution in [2.45, 2.75) is 32.3 Å². The van der Waals surface area contributed by atoms with Crippen molar-refractivity contribution >= 4 is 5.78 Å². The average Bonchev–Trinajstić information content (AvgIpc) is 2.68. The number of carbonyl (C=O) groups excluding carboxylic acids is 1. The summed E-state index contributed by atoms with van der Waals surface area (Å²) in [4.78, 5) is 12.6. The summed E-state index contributed by atoms with van der Waals surface area (Å²) < 4.78 is 44.4. The van der Waals surface area contributed by atoms with Crippen LogP contribution < -0.4 is 4.74 Å². The second-order valence-corrected chi connectivity index (χ2v) is 4.90. The summed E-state index contributed by atoms with van der Waals surface area (Å²) >= 11 is 0. The summed E-state index contributed by atoms with van der Waals surface area (Å²) in [6.45, 7) is 1.90. The fourth-order valence-corrected chi connectivity index (χ4v) is 1.90. The summed E-state index contributed by atoms with van der Waals surface area (Å²) in [5.74, 6) is 0.0967. The fourth-order valence-electron chi connectivity index (χ4n) is 1.90. The monoisotopic (exact) mass is 303 g/mol. The van der Waals surface area contributed by atoms with Crippen LogP contribution in [-0.2, 0) is 6.42 Å². The van der Waals surface area contributed by atoms with Crippen molar-refractivity contribution in [3.63, 3.8) is 0 Å². The molecule has 116 valence electrons. The Balaban J connectivity index is 2.18. The van der Waals surface area contributed by atoms with Crippen LogP contribution in [0.15, 0.2) is 54.5 Å². The number of benzene rings is 2. The first-order valence-corrected chi connectivity index (χ1v) is 7.26. The maximum atomic E-state index is 12.6. The van der Waals surface area contributed by atoms with Crippen LogP contribution in [0.2, 0.25) is 0 Å². The summed E-state index contributed by atoms with van der Waals surface area (Å²) in [7, 11) is 0. The largest absolute Gasteiger partial charge is 0.490 e. The van der Waals surface area contributed by atoms with E-state index in [4.69, 9.17) is 11.6 Å². The van der Waals surface area contributed by atoms with Crippen molar-refractivity contribution in [1.29, 1.82) is 0 Å². The number of aliphatic hydroxyl groups excluding tert-OH is 1. The standard InChI is InChI=1S/C19H22O3/c1-2-16(20)14-22-19-11-7-6-10-17(19)18(21)13-12-15-8-4-3-5-9-15/h3-11,16,20H,2,12-14H2,1H3/i3D,4D,5D,8D,9D. The van der Waals surface area contributed by atoms with E-state index in [0.717, 1.165) is 0 Å². The molecule has 0 heterocycles. The topological polar surface area (TPSA) is 46.5 Å². The molecule has 1 unspecified atom stereocenters. The Morgan fingerprint density at radius 1 is 1.27 bits per heavy atom. The maximum absolute atomic E-state index is 12.6. The molecule has 0 aliphatic carbocycles. The molecule has 2 aromatic rings. The predicted molar refractivity (Wildman–Crippen MR) is 87.3 cm³/mol. The molecule has 0 saturated heterocycles. The predicted octanol–water partition coefficient (Wildman–Crippen LogP) is 3.65. The Hall–Kier alpha value is -2.13. The van der Waals surface area contributed by atoms with Crippen molar-refractivity contribution < 1.29 is 21.5 Å². The highest BCUT2D eigenvalue weighted by atomic mass is 16.5. The first-order valence-electron chi connectivity index (χ1n) is 9.76. The van der Waals surface area contributed by atoms with E-state index in [9.17, 15) is 9.90 Å². The molecule has 0 aliphatic rings. The molecule has 1 atom stereocenters. The van der Waals surface area contributed by atoms with Gasteiger partial charge in [0.2, 0.25) is 0 Å². The molecule has 0 amide bonds. The molecular weight excluding hydrogens is 276 g/mol. The van der Waals surface area contributed by atoms with Crippen molar-refractivity contribution in [3.05, 3.63) is 65.6 Å². The summed E-state index contributed by atoms with van der Waals surface area (Å²) in [5.41, 5.74) is 0.460. The third-order valence-corrected chi connectivity index (χ3v) is 3.24. The van der Waals surface area contributed by atoms with Gasteiger partial charge in [-0.15, -0.1) is 0 Å². The number of ketones is 1. The number of ether oxygens (including phenoxy) is 1. The number of rotatable bonds is 8. The SMILES string of the molecule is [2H]c1c([2H])c([2H])c(CCC(=O)c2ccccc2OCC(O)CC)c([2H])c1[2H]. The lowest BCUT2D eigenvalue weighted by Crippen LogP contribution is -2.17. The molecule has 2 rings (SSSR count). The molecule has 2 aromatic carbocycles. The van der Waals surface area contributed by atoms with Gasteiger partial charge in [0.05, 0.1) is 18.5 Å². The molecule has 3 heteroatoms. The fraction of sp³-hybridized carbons (Fsp3) is 0.316. The quantitative estimate of drug-likeness (QED) is 0.757. The van der Waals surface area contributed by atoms with Crippen molar-refractivity contribution in [2.75, 3.05) is 6.61 Å². The van der Waals surface area contributed by atoms with Gasteiger partial charge < -0.3 is 9.84 Å². The van der Waals surface area contributed by atoms with Gasteiger partial charge in [-0.05, 0) is 30.5 Å². The van der Waals surface area contributed by atoms with Crippen LogP contribution in [0, 0.1) is 0 Å². The maximum Gasteiger partial charge on any atom is 0.166 e. The molecule has 1 N–H and O–H groups in total. The van der Waals surface area contributed by atoms with Gasteiger partial charge >= 0.3 is 0 Å². The van der Waals surface area contributed by atoms with Gasteiger partial charge in [-0.25, -0.2) is 0 Å². The molecule has 0 aliphatic heterocycles. The van der Waals surface area contributed by atoms with E-state index in [-0.39, 0.29) is 42.9 Å². The van der Waals surface area contributed by atoms with Gasteiger partial charge in [-0.1, -0.05) is 49.3 Å². The van der Waals surface area contributed by atoms with Crippen LogP contribution in [0.3, 0.4) is 0 Å². The van der Waals surface area contributed by atoms with Crippen molar-refractivity contribution in [1.82, 2.24) is 0 Å². The van der Waals surface area contributed by atoms with Gasteiger partial charge in [-0.2, -0.15) is 0 Å². The van der Waals surface area contributed by atoms with Crippen LogP contribution in [0.4, 0.5) is 0 Å². The van der Waals surface area contributed by atoms with Crippen LogP contribution in [0.5, 0.6) is 5.75 Å². The van der Waals surface area contributed by atoms with Crippen LogP contribution in [0.1, 0.15) is 42.5 Å². The number of carbonyl (C=O) groups is 1. The highest BCUT2D eigenvalue weighted by Gasteiger charge is 2.13. The van der Waals surface area contributed by atoms with E-state index in [0.29, 0.717) is 17.7 Å². The van der Waals surface area contributed by atoms with Crippen molar-refractivity contribution in [3.8, 4) is 5.75 Å². The highest BCUT2D eigenvalue weighted by molar-refractivity contribution is 5.98. The minimum atomic E-state index is -0.626. The number of Topliss-reactive ketones (excluding diaryl/α,β-unsaturated/α-hetero) is 1. The number of aliphatic hydroxyl groups is 1. The van der Waals surface area contributed by atoms with E-state index in [1.54, 1.807) is 24.3 Å². The Morgan fingerprint density at radius 3 is 2.73 bits per heavy atom. The first kappa shape index (κ1) is 10.6. The smallest absolute Gasteiger partial charge is 0.166 e. The van der Waals surface area contributed by atoms with E-state index >= 15 is 0 Å². The normalized spacial score (nSPS) is 15.1. The van der Waals surface area contributed by atoms with Gasteiger partial charge in [0, 0.05) is 6.42 Å². The van der Waals surface area contributed by atoms with Gasteiger partial charge in [-0.3, -0.25) is 4.79 Å². The minimum Gasteiger partial charge on any atom is -0.490 e. The van der Waals surface area contributed by atoms with Crippen LogP contribution in [0.25, 0.3) is 0 Å². The number of hydrogen-bond acceptors (Lipinski definition) is 3. The van der Waals surface area contributed by atoms with E-state index in [1.807, 2.05) is 6.92 Å². The number of hydrogen-bond donors (Lipinski definition) is 1. The lowest BCUT2D eigenvalue weighted by atomic mass is 10.0. The molecular formula is C19H22O3. The van der Waals surface area contributed by atoms with E-state index < -0.39 is 24.2 Å². The van der Waals surface area contributed by atoms with E-state index in [2.05, 4.69) is 0 Å². The lowest BCUT2D eigenvalue weighted by molar-refractivity contribution is 0.0945. The first-order chi connectivity index (χ1) is 12.8. The zero-order chi connectivity index (χ0) is 20.1. The Bertz CT molecular complexity index is 809. The second kappa shape index (κ2) is 8.35. The third kappa shape index (κ3) is 4.71. The van der Waals surface area contributed by atoms with E-state index in [1.165, 1.54) is 0 Å². The summed E-state index contributed by atoms with van der Waals surface area (Å²) in [6, 6.07) is 4.83. The Morgan fingerprint density at radius 2 is 2.00 bits per heavy atom.